The molecule has 0 spiro atoms. The first-order valence-electron chi connectivity index (χ1n) is 15.4. The van der Waals surface area contributed by atoms with Crippen molar-refractivity contribution in [2.75, 3.05) is 0 Å². The lowest BCUT2D eigenvalue weighted by molar-refractivity contribution is -0.137. The zero-order chi connectivity index (χ0) is 33.9. The van der Waals surface area contributed by atoms with E-state index >= 15 is 0 Å². The van der Waals surface area contributed by atoms with Crippen molar-refractivity contribution in [1.29, 1.82) is 0 Å². The molecule has 0 fully saturated rings. The van der Waals surface area contributed by atoms with Crippen LogP contribution in [0, 0.1) is 17.7 Å². The van der Waals surface area contributed by atoms with Gasteiger partial charge in [-0.15, -0.1) is 0 Å². The molecule has 1 heterocycles. The Bertz CT molecular complexity index is 1630. The highest BCUT2D eigenvalue weighted by Crippen LogP contribution is 2.38. The highest BCUT2D eigenvalue weighted by Gasteiger charge is 2.47. The molecule has 9 nitrogen and oxygen atoms in total. The first-order valence-corrected chi connectivity index (χ1v) is 16.5. The Morgan fingerprint density at radius 2 is 1.78 bits per heavy atom. The van der Waals surface area contributed by atoms with Gasteiger partial charge < -0.3 is 26.5 Å². The monoisotopic (exact) mass is 691 g/mol. The van der Waals surface area contributed by atoms with Crippen LogP contribution in [0.25, 0.3) is 10.9 Å². The number of benzene rings is 2. The number of rotatable bonds is 12. The molecule has 5 atom stereocenters. The molecule has 1 aliphatic rings. The van der Waals surface area contributed by atoms with E-state index in [1.54, 1.807) is 19.1 Å². The number of nitrogens with two attached hydrogens (primary N) is 1. The smallest absolute Gasteiger partial charge is 0.408 e. The number of hydrogen-bond acceptors (Lipinski definition) is 4. The number of nitrogens with one attached hydrogen (secondary N) is 3. The van der Waals surface area contributed by atoms with E-state index in [0.29, 0.717) is 40.4 Å². The fourth-order valence-electron chi connectivity index (χ4n) is 6.15. The van der Waals surface area contributed by atoms with Crippen molar-refractivity contribution in [3.63, 3.8) is 0 Å². The molecule has 3 aromatic rings. The van der Waals surface area contributed by atoms with Crippen molar-refractivity contribution in [3.8, 4) is 0 Å². The second-order valence-corrected chi connectivity index (χ2v) is 13.6. The normalized spacial score (nSPS) is 18.6. The van der Waals surface area contributed by atoms with Gasteiger partial charge >= 0.3 is 6.09 Å². The fourth-order valence-corrected chi connectivity index (χ4v) is 6.98. The second-order valence-electron chi connectivity index (χ2n) is 12.2. The van der Waals surface area contributed by atoms with Crippen molar-refractivity contribution < 1.29 is 23.9 Å². The SMILES string of the molecule is CCC(C)[C@H](NC(=O)[C@@]1(NC(=O)[C@H](C(C)CC)N(Cc2ccc(F)cc2)C(=O)O)CCc2[nH]c3c(Cl)cc(Cl)cc3c2C1)C(N)=S. The second kappa shape index (κ2) is 14.6. The van der Waals surface area contributed by atoms with Crippen LogP contribution < -0.4 is 16.4 Å². The Labute approximate surface area is 283 Å². The maximum Gasteiger partial charge on any atom is 0.408 e. The van der Waals surface area contributed by atoms with Gasteiger partial charge in [-0.25, -0.2) is 9.18 Å². The van der Waals surface area contributed by atoms with E-state index in [0.717, 1.165) is 21.5 Å². The van der Waals surface area contributed by atoms with Gasteiger partial charge in [-0.2, -0.15) is 0 Å². The van der Waals surface area contributed by atoms with Crippen LogP contribution in [0.3, 0.4) is 0 Å². The zero-order valence-electron chi connectivity index (χ0n) is 26.3. The number of hydrogen-bond donors (Lipinski definition) is 5. The number of aromatic amines is 1. The number of amides is 3. The third kappa shape index (κ3) is 7.42. The van der Waals surface area contributed by atoms with Gasteiger partial charge in [-0.3, -0.25) is 14.5 Å². The number of carboxylic acid groups (broad SMARTS) is 1. The molecule has 13 heteroatoms. The number of carbonyl (C=O) groups is 3. The van der Waals surface area contributed by atoms with Gasteiger partial charge in [-0.05, 0) is 60.1 Å². The lowest BCUT2D eigenvalue weighted by atomic mass is 9.78. The summed E-state index contributed by atoms with van der Waals surface area (Å²) in [4.78, 5) is 46.0. The average molecular weight is 693 g/mol. The third-order valence-electron chi connectivity index (χ3n) is 9.20. The lowest BCUT2D eigenvalue weighted by Crippen LogP contribution is -2.67. The molecule has 3 amide bonds. The van der Waals surface area contributed by atoms with Crippen LogP contribution in [-0.2, 0) is 29.0 Å². The molecule has 0 saturated heterocycles. The van der Waals surface area contributed by atoms with Crippen LogP contribution in [0.15, 0.2) is 36.4 Å². The highest BCUT2D eigenvalue weighted by atomic mass is 35.5. The first-order chi connectivity index (χ1) is 21.7. The van der Waals surface area contributed by atoms with Gasteiger partial charge in [0.1, 0.15) is 17.4 Å². The van der Waals surface area contributed by atoms with E-state index < -0.39 is 47.3 Å². The van der Waals surface area contributed by atoms with Gasteiger partial charge in [-0.1, -0.05) is 88.1 Å². The molecule has 1 aliphatic carbocycles. The van der Waals surface area contributed by atoms with Crippen LogP contribution in [0.1, 0.15) is 63.8 Å². The van der Waals surface area contributed by atoms with E-state index in [-0.39, 0.29) is 30.3 Å². The van der Waals surface area contributed by atoms with Crippen LogP contribution >= 0.6 is 35.4 Å². The van der Waals surface area contributed by atoms with Crippen molar-refractivity contribution in [3.05, 3.63) is 69.1 Å². The highest BCUT2D eigenvalue weighted by molar-refractivity contribution is 7.80. The molecule has 6 N–H and O–H groups in total. The van der Waals surface area contributed by atoms with Crippen molar-refractivity contribution in [2.45, 2.75) is 84.0 Å². The van der Waals surface area contributed by atoms with Crippen molar-refractivity contribution in [2.24, 2.45) is 17.6 Å². The largest absolute Gasteiger partial charge is 0.465 e. The van der Waals surface area contributed by atoms with Gasteiger partial charge in [0.15, 0.2) is 0 Å². The summed E-state index contributed by atoms with van der Waals surface area (Å²) in [6, 6.07) is 7.04. The topological polar surface area (TPSA) is 141 Å². The molecule has 0 aliphatic heterocycles. The number of nitrogens with zero attached hydrogens (tertiary/aromatic N) is 1. The minimum Gasteiger partial charge on any atom is -0.465 e. The van der Waals surface area contributed by atoms with Crippen molar-refractivity contribution in [1.82, 2.24) is 20.5 Å². The van der Waals surface area contributed by atoms with Crippen LogP contribution in [0.5, 0.6) is 0 Å². The van der Waals surface area contributed by atoms with E-state index in [1.807, 2.05) is 20.8 Å². The van der Waals surface area contributed by atoms with Gasteiger partial charge in [0, 0.05) is 29.1 Å². The summed E-state index contributed by atoms with van der Waals surface area (Å²) < 4.78 is 13.6. The lowest BCUT2D eigenvalue weighted by Gasteiger charge is -2.41. The first kappa shape index (κ1) is 35.4. The van der Waals surface area contributed by atoms with Crippen LogP contribution in [0.2, 0.25) is 10.0 Å². The van der Waals surface area contributed by atoms with Crippen LogP contribution in [0.4, 0.5) is 9.18 Å². The minimum atomic E-state index is -1.49. The van der Waals surface area contributed by atoms with Gasteiger partial charge in [0.25, 0.3) is 0 Å². The third-order valence-corrected chi connectivity index (χ3v) is 9.97. The Kier molecular flexibility index (Phi) is 11.2. The van der Waals surface area contributed by atoms with E-state index in [1.165, 1.54) is 24.3 Å². The van der Waals surface area contributed by atoms with E-state index in [9.17, 15) is 23.9 Å². The molecule has 0 saturated carbocycles. The summed E-state index contributed by atoms with van der Waals surface area (Å²) in [5, 5.41) is 17.9. The summed E-state index contributed by atoms with van der Waals surface area (Å²) in [6.07, 6.45) is 0.529. The minimum absolute atomic E-state index is 0.0786. The Morgan fingerprint density at radius 3 is 2.37 bits per heavy atom. The summed E-state index contributed by atoms with van der Waals surface area (Å²) >= 11 is 18.2. The standard InChI is InChI=1S/C33H40Cl2FN5O4S/c1-5-17(3)26(29(37)46)39-31(43)33(12-11-25-23(15-33)22-13-20(34)14-24(35)27(22)38-25)40-30(42)28(18(4)6-2)41(32(44)45)16-19-7-9-21(36)10-8-19/h7-10,13-14,17-18,26,28,38H,5-6,11-12,15-16H2,1-4H3,(H2,37,46)(H,39,43)(H,40,42)(H,44,45)/t17?,18?,26-,28-,33+/m0/s1. The maximum atomic E-state index is 14.4. The van der Waals surface area contributed by atoms with Gasteiger partial charge in [0.2, 0.25) is 11.8 Å². The number of fused-ring (bicyclic) bond motifs is 3. The molecule has 46 heavy (non-hydrogen) atoms. The number of aryl methyl sites for hydroxylation is 1. The summed E-state index contributed by atoms with van der Waals surface area (Å²) in [5.74, 6) is -2.06. The predicted molar refractivity (Wildman–Crippen MR) is 183 cm³/mol. The molecular formula is C33H40Cl2FN5O4S. The summed E-state index contributed by atoms with van der Waals surface area (Å²) in [7, 11) is 0. The molecule has 0 radical (unpaired) electrons. The maximum absolute atomic E-state index is 14.4. The molecular weight excluding hydrogens is 652 g/mol. The molecule has 2 unspecified atom stereocenters. The number of H-pyrrole nitrogens is 1. The summed E-state index contributed by atoms with van der Waals surface area (Å²) in [5.41, 5.74) is 7.41. The number of carbonyl (C=O) groups excluding carboxylic acids is 2. The molecule has 2 aromatic carbocycles. The van der Waals surface area contributed by atoms with Gasteiger partial charge in [0.05, 0.1) is 21.6 Å². The molecule has 248 valence electrons. The quantitative estimate of drug-likeness (QED) is 0.140. The fraction of sp³-hybridized carbons (Fsp3) is 0.455. The predicted octanol–water partition coefficient (Wildman–Crippen LogP) is 6.37. The number of thiocarbonyl (C=S) groups is 1. The zero-order valence-corrected chi connectivity index (χ0v) is 28.6. The molecule has 1 aromatic heterocycles. The number of halogens is 3. The van der Waals surface area contributed by atoms with E-state index in [4.69, 9.17) is 41.2 Å². The summed E-state index contributed by atoms with van der Waals surface area (Å²) in [6.45, 7) is 7.38. The van der Waals surface area contributed by atoms with Crippen LogP contribution in [-0.4, -0.2) is 55.5 Å². The molecule has 4 rings (SSSR count). The Morgan fingerprint density at radius 1 is 1.13 bits per heavy atom. The van der Waals surface area contributed by atoms with Crippen molar-refractivity contribution >= 4 is 69.2 Å². The Balaban J connectivity index is 1.78. The number of aromatic nitrogens is 1. The molecule has 0 bridgehead atoms. The Hall–Kier alpha value is -3.41. The average Bonchev–Trinajstić information content (AvgIpc) is 3.37. The van der Waals surface area contributed by atoms with E-state index in [2.05, 4.69) is 15.6 Å².